The van der Waals surface area contributed by atoms with Crippen LogP contribution in [-0.2, 0) is 7.05 Å². The molecule has 2 rings (SSSR count). The van der Waals surface area contributed by atoms with E-state index in [1.807, 2.05) is 43.7 Å². The average molecular weight is 273 g/mol. The Balaban J connectivity index is 2.66. The summed E-state index contributed by atoms with van der Waals surface area (Å²) in [5.74, 6) is 1.37. The lowest BCUT2D eigenvalue weighted by atomic mass is 10.1. The van der Waals surface area contributed by atoms with Gasteiger partial charge in [0.25, 0.3) is 0 Å². The van der Waals surface area contributed by atoms with Crippen molar-refractivity contribution in [2.75, 3.05) is 14.2 Å². The van der Waals surface area contributed by atoms with Crippen LogP contribution < -0.4 is 9.47 Å². The molecule has 0 aliphatic rings. The normalized spacial score (nSPS) is 10.4. The van der Waals surface area contributed by atoms with Gasteiger partial charge in [0.1, 0.15) is 0 Å². The van der Waals surface area contributed by atoms with Crippen molar-refractivity contribution in [3.8, 4) is 22.8 Å². The maximum atomic E-state index is 11.2. The summed E-state index contributed by atoms with van der Waals surface area (Å²) >= 11 is 0. The van der Waals surface area contributed by atoms with Gasteiger partial charge < -0.3 is 14.0 Å². The molecule has 20 heavy (non-hydrogen) atoms. The van der Waals surface area contributed by atoms with Crippen LogP contribution in [0.3, 0.4) is 0 Å². The number of aldehydes is 1. The van der Waals surface area contributed by atoms with Crippen LogP contribution in [0.1, 0.15) is 21.6 Å². The topological polar surface area (TPSA) is 40.5 Å². The summed E-state index contributed by atoms with van der Waals surface area (Å²) in [5, 5.41) is 0. The molecule has 0 fully saturated rings. The Hall–Kier alpha value is -2.23. The fourth-order valence-corrected chi connectivity index (χ4v) is 2.57. The van der Waals surface area contributed by atoms with Gasteiger partial charge in [0.05, 0.1) is 19.9 Å². The third-order valence-corrected chi connectivity index (χ3v) is 3.76. The molecule has 1 heterocycles. The van der Waals surface area contributed by atoms with Gasteiger partial charge in [-0.05, 0) is 37.6 Å². The van der Waals surface area contributed by atoms with Gasteiger partial charge in [-0.1, -0.05) is 0 Å². The number of hydrogen-bond acceptors (Lipinski definition) is 3. The lowest BCUT2D eigenvalue weighted by molar-refractivity contribution is 0.112. The van der Waals surface area contributed by atoms with Crippen LogP contribution >= 0.6 is 0 Å². The molecule has 0 spiro atoms. The van der Waals surface area contributed by atoms with E-state index in [1.54, 1.807) is 14.2 Å². The molecule has 4 nitrogen and oxygen atoms in total. The molecule has 1 aromatic heterocycles. The van der Waals surface area contributed by atoms with Crippen molar-refractivity contribution in [1.82, 2.24) is 4.57 Å². The van der Waals surface area contributed by atoms with Crippen molar-refractivity contribution in [3.05, 3.63) is 35.0 Å². The Morgan fingerprint density at radius 2 is 1.75 bits per heavy atom. The third kappa shape index (κ3) is 2.07. The summed E-state index contributed by atoms with van der Waals surface area (Å²) in [7, 11) is 5.18. The maximum absolute atomic E-state index is 11.2. The van der Waals surface area contributed by atoms with Gasteiger partial charge >= 0.3 is 0 Å². The van der Waals surface area contributed by atoms with E-state index in [9.17, 15) is 4.79 Å². The number of carbonyl (C=O) groups excluding carboxylic acids is 1. The molecule has 0 amide bonds. The van der Waals surface area contributed by atoms with Crippen LogP contribution in [0.15, 0.2) is 18.2 Å². The van der Waals surface area contributed by atoms with E-state index in [2.05, 4.69) is 0 Å². The molecule has 0 bridgehead atoms. The van der Waals surface area contributed by atoms with Crippen LogP contribution in [0, 0.1) is 13.8 Å². The minimum atomic E-state index is 0.677. The van der Waals surface area contributed by atoms with Gasteiger partial charge in [-0.15, -0.1) is 0 Å². The number of nitrogens with zero attached hydrogens (tertiary/aromatic N) is 1. The zero-order valence-electron chi connectivity index (χ0n) is 12.5. The van der Waals surface area contributed by atoms with Crippen LogP contribution in [0.25, 0.3) is 11.3 Å². The highest BCUT2D eigenvalue weighted by Gasteiger charge is 2.17. The summed E-state index contributed by atoms with van der Waals surface area (Å²) in [6, 6.07) is 5.77. The van der Waals surface area contributed by atoms with Gasteiger partial charge in [-0.3, -0.25) is 4.79 Å². The smallest absolute Gasteiger partial charge is 0.161 e. The number of aromatic nitrogens is 1. The van der Waals surface area contributed by atoms with Crippen molar-refractivity contribution in [2.45, 2.75) is 13.8 Å². The fraction of sp³-hybridized carbons (Fsp3) is 0.312. The zero-order chi connectivity index (χ0) is 14.9. The van der Waals surface area contributed by atoms with E-state index in [1.165, 1.54) is 0 Å². The van der Waals surface area contributed by atoms with Crippen molar-refractivity contribution >= 4 is 6.29 Å². The molecular formula is C16H19NO3. The number of rotatable bonds is 4. The second-order valence-corrected chi connectivity index (χ2v) is 4.72. The van der Waals surface area contributed by atoms with Crippen LogP contribution in [0.4, 0.5) is 0 Å². The van der Waals surface area contributed by atoms with Crippen LogP contribution in [-0.4, -0.2) is 25.1 Å². The van der Waals surface area contributed by atoms with E-state index in [0.717, 1.165) is 34.4 Å². The summed E-state index contributed by atoms with van der Waals surface area (Å²) in [5.41, 5.74) is 4.70. The van der Waals surface area contributed by atoms with Crippen molar-refractivity contribution in [3.63, 3.8) is 0 Å². The van der Waals surface area contributed by atoms with Gasteiger partial charge in [-0.25, -0.2) is 0 Å². The molecule has 2 aromatic rings. The molecule has 106 valence electrons. The van der Waals surface area contributed by atoms with Crippen molar-refractivity contribution in [2.24, 2.45) is 7.05 Å². The predicted molar refractivity (Wildman–Crippen MR) is 78.8 cm³/mol. The van der Waals surface area contributed by atoms with E-state index in [-0.39, 0.29) is 0 Å². The third-order valence-electron chi connectivity index (χ3n) is 3.76. The van der Waals surface area contributed by atoms with E-state index >= 15 is 0 Å². The van der Waals surface area contributed by atoms with Gasteiger partial charge in [0.15, 0.2) is 17.8 Å². The Labute approximate surface area is 118 Å². The van der Waals surface area contributed by atoms with Crippen molar-refractivity contribution in [1.29, 1.82) is 0 Å². The molecule has 0 atom stereocenters. The minimum Gasteiger partial charge on any atom is -0.493 e. The van der Waals surface area contributed by atoms with Crippen LogP contribution in [0.5, 0.6) is 11.5 Å². The molecule has 0 aliphatic heterocycles. The average Bonchev–Trinajstić information content (AvgIpc) is 2.68. The number of benzene rings is 1. The lowest BCUT2D eigenvalue weighted by Gasteiger charge is -2.11. The molecule has 0 unspecified atom stereocenters. The molecule has 0 aliphatic carbocycles. The highest BCUT2D eigenvalue weighted by molar-refractivity contribution is 5.85. The number of ether oxygens (including phenoxy) is 2. The monoisotopic (exact) mass is 273 g/mol. The lowest BCUT2D eigenvalue weighted by Crippen LogP contribution is -1.96. The largest absolute Gasteiger partial charge is 0.493 e. The van der Waals surface area contributed by atoms with E-state index in [0.29, 0.717) is 11.5 Å². The molecule has 0 N–H and O–H groups in total. The Morgan fingerprint density at radius 1 is 1.10 bits per heavy atom. The van der Waals surface area contributed by atoms with Crippen molar-refractivity contribution < 1.29 is 14.3 Å². The molecule has 0 saturated carbocycles. The minimum absolute atomic E-state index is 0.677. The Bertz CT molecular complexity index is 656. The highest BCUT2D eigenvalue weighted by atomic mass is 16.5. The Kier molecular flexibility index (Phi) is 3.84. The molecule has 1 aromatic carbocycles. The van der Waals surface area contributed by atoms with Gasteiger partial charge in [-0.2, -0.15) is 0 Å². The summed E-state index contributed by atoms with van der Waals surface area (Å²) in [4.78, 5) is 11.2. The summed E-state index contributed by atoms with van der Waals surface area (Å²) in [6.45, 7) is 3.91. The first-order valence-corrected chi connectivity index (χ1v) is 6.38. The first-order valence-electron chi connectivity index (χ1n) is 6.38. The molecule has 4 heteroatoms. The fourth-order valence-electron chi connectivity index (χ4n) is 2.57. The SMILES string of the molecule is COc1ccc(-c2c(C)c(C=O)c(C)n2C)cc1OC. The number of methoxy groups -OCH3 is 2. The Morgan fingerprint density at radius 3 is 2.25 bits per heavy atom. The predicted octanol–water partition coefficient (Wildman–Crippen LogP) is 3.14. The number of hydrogen-bond donors (Lipinski definition) is 0. The van der Waals surface area contributed by atoms with Crippen LogP contribution in [0.2, 0.25) is 0 Å². The molecule has 0 radical (unpaired) electrons. The zero-order valence-corrected chi connectivity index (χ0v) is 12.5. The number of carbonyl (C=O) groups is 1. The van der Waals surface area contributed by atoms with E-state index in [4.69, 9.17) is 9.47 Å². The molecular weight excluding hydrogens is 254 g/mol. The second kappa shape index (κ2) is 5.41. The second-order valence-electron chi connectivity index (χ2n) is 4.72. The van der Waals surface area contributed by atoms with E-state index < -0.39 is 0 Å². The summed E-state index contributed by atoms with van der Waals surface area (Å²) in [6.07, 6.45) is 0.912. The standard InChI is InChI=1S/C16H19NO3/c1-10-13(9-18)11(2)17(3)16(10)12-6-7-14(19-4)15(8-12)20-5/h6-9H,1-5H3. The highest BCUT2D eigenvalue weighted by Crippen LogP contribution is 2.35. The maximum Gasteiger partial charge on any atom is 0.161 e. The van der Waals surface area contributed by atoms with Gasteiger partial charge in [0, 0.05) is 23.9 Å². The summed E-state index contributed by atoms with van der Waals surface area (Å²) < 4.78 is 12.6. The first kappa shape index (κ1) is 14.2. The van der Waals surface area contributed by atoms with Gasteiger partial charge in [0.2, 0.25) is 0 Å². The first-order chi connectivity index (χ1) is 9.54. The quantitative estimate of drug-likeness (QED) is 0.803. The molecule has 0 saturated heterocycles.